The van der Waals surface area contributed by atoms with E-state index in [4.69, 9.17) is 43.2 Å². The number of unbranched alkanes of at least 4 members (excludes halogenated alkanes) is 2. The zero-order chi connectivity index (χ0) is 86.3. The highest BCUT2D eigenvalue weighted by atomic mass is 79.9. The standard InChI is InChI=1S/C25H21BrClN3OS.C25H21BrFN3OS.C24H20BrClN2OS.C24H20BrFN2OS/c2*26-18-6-4-5-16(13-18)24-20-9-8-19(27)15-23(20)32-22-10-7-17(14-21(22)28-24)25(31)29-30-11-2-1-3-12-30;2*1-2-3-11-27-24(29)16-7-10-21-20(13-16)28-23(15-5-4-6-17(25)12-15)19-9-8-18(26)14-22(19)30-21/h2*4-10,13-15H,1-3,11-12H2,(H,29,31);2*4-10,12-14H,2-3,11H2,1H3,(H,27,29). The molecule has 4 N–H and O–H groups in total. The van der Waals surface area contributed by atoms with E-state index in [1.54, 1.807) is 47.8 Å². The Balaban J connectivity index is 0.000000128. The first kappa shape index (κ1) is 89.7. The minimum atomic E-state index is -0.287. The molecule has 6 aliphatic rings. The average Bonchev–Trinajstić information content (AvgIpc) is 1.65. The molecule has 0 radical (unpaired) electrons. The van der Waals surface area contributed by atoms with Crippen LogP contribution in [0, 0.1) is 11.6 Å². The third kappa shape index (κ3) is 22.8. The van der Waals surface area contributed by atoms with Gasteiger partial charge in [0, 0.05) is 173 Å². The zero-order valence-corrected chi connectivity index (χ0v) is 78.5. The summed E-state index contributed by atoms with van der Waals surface area (Å²) in [6, 6.07) is 75.6. The number of halogens is 8. The molecule has 18 rings (SSSR count). The molecule has 0 unspecified atom stereocenters. The van der Waals surface area contributed by atoms with E-state index in [0.29, 0.717) is 56.8 Å². The van der Waals surface area contributed by atoms with Gasteiger partial charge in [0.15, 0.2) is 0 Å². The van der Waals surface area contributed by atoms with Gasteiger partial charge < -0.3 is 10.6 Å². The van der Waals surface area contributed by atoms with Crippen molar-refractivity contribution in [2.45, 2.75) is 117 Å². The van der Waals surface area contributed by atoms with E-state index in [0.717, 1.165) is 213 Å². The first-order valence-corrected chi connectivity index (χ1v) is 48.0. The molecule has 6 heterocycles. The Hall–Kier alpha value is -9.12. The van der Waals surface area contributed by atoms with Crippen molar-refractivity contribution in [2.24, 2.45) is 20.0 Å². The van der Waals surface area contributed by atoms with Crippen LogP contribution < -0.4 is 21.5 Å². The summed E-state index contributed by atoms with van der Waals surface area (Å²) < 4.78 is 31.9. The van der Waals surface area contributed by atoms with Gasteiger partial charge in [0.05, 0.1) is 45.6 Å². The van der Waals surface area contributed by atoms with E-state index in [9.17, 15) is 28.0 Å². The molecule has 12 aromatic rings. The predicted molar refractivity (Wildman–Crippen MR) is 516 cm³/mol. The quantitative estimate of drug-likeness (QED) is 0.0682. The number of nitrogens with zero attached hydrogens (tertiary/aromatic N) is 6. The molecule has 0 saturated carbocycles. The summed E-state index contributed by atoms with van der Waals surface area (Å²) in [5.74, 6) is -0.977. The minimum Gasteiger partial charge on any atom is -0.352 e. The van der Waals surface area contributed by atoms with E-state index in [1.165, 1.54) is 54.6 Å². The maximum absolute atomic E-state index is 14.1. The van der Waals surface area contributed by atoms with Crippen molar-refractivity contribution in [3.63, 3.8) is 0 Å². The fourth-order valence-corrected chi connectivity index (χ4v) is 20.7. The van der Waals surface area contributed by atoms with Gasteiger partial charge in [-0.05, 0) is 221 Å². The molecular weight excluding hydrogens is 1940 g/mol. The molecule has 124 heavy (non-hydrogen) atoms. The summed E-state index contributed by atoms with van der Waals surface area (Å²) >= 11 is 33.0. The van der Waals surface area contributed by atoms with Crippen molar-refractivity contribution >= 4 is 203 Å². The van der Waals surface area contributed by atoms with Crippen molar-refractivity contribution < 1.29 is 28.0 Å². The van der Waals surface area contributed by atoms with Crippen molar-refractivity contribution in [3.05, 3.63) is 349 Å². The topological polar surface area (TPSA) is 172 Å². The summed E-state index contributed by atoms with van der Waals surface area (Å²) in [6.07, 6.45) is 10.8. The lowest BCUT2D eigenvalue weighted by molar-refractivity contribution is 0.0743. The molecule has 26 heteroatoms. The van der Waals surface area contributed by atoms with Crippen LogP contribution in [0.25, 0.3) is 0 Å². The maximum Gasteiger partial charge on any atom is 0.265 e. The largest absolute Gasteiger partial charge is 0.352 e. The molecule has 628 valence electrons. The molecule has 0 atom stereocenters. The highest BCUT2D eigenvalue weighted by Crippen LogP contribution is 2.48. The Morgan fingerprint density at radius 2 is 0.621 bits per heavy atom. The highest BCUT2D eigenvalue weighted by Gasteiger charge is 2.28. The SMILES string of the molecule is CCCCNC(=O)c1ccc2c(c1)N=C(c1cccc(Br)c1)c1ccc(Cl)cc1S2.CCCCNC(=O)c1ccc2c(c1)N=C(c1cccc(Br)c1)c1ccc(F)cc1S2.O=C(NN1CCCCC1)c1ccc2c(c1)N=C(c1cccc(Br)c1)c1ccc(Cl)cc1S2.O=C(NN1CCCCC1)c1ccc2c(c1)N=C(c1cccc(Br)c1)c1ccc(F)cc1S2. The van der Waals surface area contributed by atoms with Crippen LogP contribution >= 0.6 is 134 Å². The third-order valence-corrected chi connectivity index (χ3v) is 27.7. The van der Waals surface area contributed by atoms with E-state index in [2.05, 4.69) is 105 Å². The van der Waals surface area contributed by atoms with Crippen LogP contribution in [0.5, 0.6) is 0 Å². The van der Waals surface area contributed by atoms with Crippen LogP contribution in [-0.4, -0.2) is 95.8 Å². The number of nitrogens with one attached hydrogen (secondary N) is 4. The Bertz CT molecular complexity index is 5860. The van der Waals surface area contributed by atoms with Gasteiger partial charge in [-0.15, -0.1) is 0 Å². The van der Waals surface area contributed by atoms with Crippen LogP contribution in [0.15, 0.2) is 320 Å². The van der Waals surface area contributed by atoms with Crippen LogP contribution in [0.2, 0.25) is 10.0 Å². The Labute approximate surface area is 780 Å². The number of hydrazine groups is 2. The monoisotopic (exact) mass is 2010 g/mol. The molecule has 4 amide bonds. The van der Waals surface area contributed by atoms with Crippen LogP contribution in [0.3, 0.4) is 0 Å². The molecule has 0 bridgehead atoms. The lowest BCUT2D eigenvalue weighted by atomic mass is 10.0. The van der Waals surface area contributed by atoms with Gasteiger partial charge in [-0.3, -0.25) is 30.0 Å². The molecule has 6 aliphatic heterocycles. The van der Waals surface area contributed by atoms with Gasteiger partial charge in [-0.1, -0.05) is 234 Å². The fraction of sp³-hybridized carbons (Fsp3) is 0.184. The van der Waals surface area contributed by atoms with Crippen LogP contribution in [-0.2, 0) is 0 Å². The highest BCUT2D eigenvalue weighted by molar-refractivity contribution is 9.11. The number of carbonyl (C=O) groups is 4. The number of aliphatic imine (C=N–C) groups is 4. The van der Waals surface area contributed by atoms with Gasteiger partial charge in [-0.2, -0.15) is 0 Å². The van der Waals surface area contributed by atoms with Crippen LogP contribution in [0.4, 0.5) is 31.5 Å². The summed E-state index contributed by atoms with van der Waals surface area (Å²) in [7, 11) is 0. The predicted octanol–water partition coefficient (Wildman–Crippen LogP) is 27.2. The Kier molecular flexibility index (Phi) is 30.7. The average molecular weight is 2020 g/mol. The normalized spacial score (nSPS) is 14.2. The number of carbonyl (C=O) groups excluding carboxylic acids is 4. The number of fused-ring (bicyclic) bond motifs is 8. The third-order valence-electron chi connectivity index (χ3n) is 20.7. The van der Waals surface area contributed by atoms with Gasteiger partial charge in [0.2, 0.25) is 0 Å². The zero-order valence-electron chi connectivity index (χ0n) is 67.4. The maximum atomic E-state index is 14.1. The second kappa shape index (κ2) is 42.5. The Morgan fingerprint density at radius 3 is 0.911 bits per heavy atom. The van der Waals surface area contributed by atoms with Gasteiger partial charge in [-0.25, -0.2) is 38.8 Å². The van der Waals surface area contributed by atoms with Crippen molar-refractivity contribution in [3.8, 4) is 0 Å². The second-order valence-electron chi connectivity index (χ2n) is 29.8. The number of piperidine rings is 2. The van der Waals surface area contributed by atoms with Crippen LogP contribution in [0.1, 0.15) is 164 Å². The van der Waals surface area contributed by atoms with Gasteiger partial charge in [0.25, 0.3) is 23.6 Å². The summed E-state index contributed by atoms with van der Waals surface area (Å²) in [6.45, 7) is 9.06. The Morgan fingerprint density at radius 1 is 0.339 bits per heavy atom. The lowest BCUT2D eigenvalue weighted by Crippen LogP contribution is -2.45. The van der Waals surface area contributed by atoms with Crippen molar-refractivity contribution in [2.75, 3.05) is 39.3 Å². The molecule has 14 nitrogen and oxygen atoms in total. The van der Waals surface area contributed by atoms with E-state index in [1.807, 2.05) is 204 Å². The smallest absolute Gasteiger partial charge is 0.265 e. The summed E-state index contributed by atoms with van der Waals surface area (Å²) in [5, 5.41) is 11.3. The van der Waals surface area contributed by atoms with E-state index in [-0.39, 0.29) is 35.3 Å². The van der Waals surface area contributed by atoms with Crippen molar-refractivity contribution in [1.82, 2.24) is 31.5 Å². The first-order valence-electron chi connectivity index (χ1n) is 40.8. The number of amides is 4. The first-order chi connectivity index (χ1) is 60.2. The molecule has 2 fully saturated rings. The minimum absolute atomic E-state index is 0.0692. The number of benzene rings is 12. The molecule has 0 aliphatic carbocycles. The summed E-state index contributed by atoms with van der Waals surface area (Å²) in [4.78, 5) is 78.3. The molecule has 12 aromatic carbocycles. The lowest BCUT2D eigenvalue weighted by Gasteiger charge is -2.26. The second-order valence-corrected chi connectivity index (χ2v) is 38.7. The number of rotatable bonds is 16. The van der Waals surface area contributed by atoms with Gasteiger partial charge in [0.1, 0.15) is 11.6 Å². The van der Waals surface area contributed by atoms with Crippen molar-refractivity contribution in [1.29, 1.82) is 0 Å². The number of hydrogen-bond donors (Lipinski definition) is 4. The number of hydrogen-bond acceptors (Lipinski definition) is 14. The van der Waals surface area contributed by atoms with E-state index < -0.39 is 0 Å². The van der Waals surface area contributed by atoms with Gasteiger partial charge >= 0.3 is 0 Å². The summed E-state index contributed by atoms with van der Waals surface area (Å²) in [5.41, 5.74) is 22.2. The fourth-order valence-electron chi connectivity index (χ4n) is 14.4. The molecular formula is C98H82Br4Cl2F2N10O4S4. The molecule has 0 spiro atoms. The van der Waals surface area contributed by atoms with E-state index >= 15 is 0 Å². The molecule has 2 saturated heterocycles. The molecule has 0 aromatic heterocycles.